The van der Waals surface area contributed by atoms with Crippen LogP contribution in [0.5, 0.6) is 0 Å². The van der Waals surface area contributed by atoms with Gasteiger partial charge in [0.1, 0.15) is 8.07 Å². The van der Waals surface area contributed by atoms with E-state index < -0.39 is 32.1 Å². The first-order valence-corrected chi connectivity index (χ1v) is 14.5. The first kappa shape index (κ1) is 27.5. The Morgan fingerprint density at radius 2 is 1.56 bits per heavy atom. The van der Waals surface area contributed by atoms with Crippen molar-refractivity contribution in [1.29, 1.82) is 0 Å². The van der Waals surface area contributed by atoms with Crippen LogP contribution in [0.3, 0.4) is 0 Å². The molecule has 1 heterocycles. The molecule has 1 aromatic heterocycles. The number of hydrogen-bond acceptors (Lipinski definition) is 2. The van der Waals surface area contributed by atoms with Gasteiger partial charge in [0.15, 0.2) is 0 Å². The number of carbonyl (C=O) groups excluding carboxylic acids is 1. The molecule has 7 heteroatoms. The summed E-state index contributed by atoms with van der Waals surface area (Å²) in [4.78, 5) is 17.3. The Morgan fingerprint density at radius 3 is 2.17 bits per heavy atom. The largest absolute Gasteiger partial charge is 0.416 e. The zero-order valence-corrected chi connectivity index (χ0v) is 22.6. The Bertz CT molecular complexity index is 1280. The average molecular weight is 511 g/mol. The number of anilines is 1. The van der Waals surface area contributed by atoms with Crippen LogP contribution in [-0.4, -0.2) is 19.0 Å². The van der Waals surface area contributed by atoms with Gasteiger partial charge >= 0.3 is 6.18 Å². The summed E-state index contributed by atoms with van der Waals surface area (Å²) in [6.45, 7) is 12.9. The molecule has 0 aliphatic rings. The Balaban J connectivity index is 2.06. The van der Waals surface area contributed by atoms with Gasteiger partial charge in [-0.1, -0.05) is 71.7 Å². The number of rotatable bonds is 6. The van der Waals surface area contributed by atoms with Crippen molar-refractivity contribution in [3.8, 4) is 11.5 Å². The number of amides is 1. The van der Waals surface area contributed by atoms with Gasteiger partial charge in [0.2, 0.25) is 5.91 Å². The topological polar surface area (TPSA) is 42.0 Å². The minimum Gasteiger partial charge on any atom is -0.324 e. The fourth-order valence-electron chi connectivity index (χ4n) is 5.33. The van der Waals surface area contributed by atoms with Crippen molar-refractivity contribution in [3.63, 3.8) is 0 Å². The van der Waals surface area contributed by atoms with E-state index in [9.17, 15) is 18.0 Å². The second kappa shape index (κ2) is 10.9. The molecule has 0 unspecified atom stereocenters. The number of benzene rings is 2. The van der Waals surface area contributed by atoms with Crippen LogP contribution in [0, 0.1) is 11.5 Å². The first-order valence-electron chi connectivity index (χ1n) is 12.2. The molecule has 190 valence electrons. The van der Waals surface area contributed by atoms with Crippen LogP contribution in [-0.2, 0) is 17.4 Å². The molecule has 36 heavy (non-hydrogen) atoms. The highest BCUT2D eigenvalue weighted by molar-refractivity contribution is 6.90. The molecule has 0 saturated heterocycles. The van der Waals surface area contributed by atoms with E-state index in [1.165, 1.54) is 6.07 Å². The molecule has 3 rings (SSSR count). The molecular weight excluding hydrogens is 477 g/mol. The summed E-state index contributed by atoms with van der Waals surface area (Å²) in [5, 5.41) is 3.59. The molecule has 0 radical (unpaired) electrons. The molecule has 2 aromatic carbocycles. The summed E-state index contributed by atoms with van der Waals surface area (Å²) in [6, 6.07) is 12.9. The summed E-state index contributed by atoms with van der Waals surface area (Å²) in [7, 11) is -2.18. The van der Waals surface area contributed by atoms with Crippen molar-refractivity contribution in [3.05, 3.63) is 71.4 Å². The maximum absolute atomic E-state index is 14.0. The van der Waals surface area contributed by atoms with Crippen LogP contribution < -0.4 is 5.32 Å². The highest BCUT2D eigenvalue weighted by Gasteiger charge is 2.42. The number of carbonyl (C=O) groups is 1. The van der Waals surface area contributed by atoms with Crippen molar-refractivity contribution in [1.82, 2.24) is 4.98 Å². The van der Waals surface area contributed by atoms with E-state index in [0.717, 1.165) is 11.5 Å². The Morgan fingerprint density at radius 1 is 0.944 bits per heavy atom. The van der Waals surface area contributed by atoms with Gasteiger partial charge in [-0.2, -0.15) is 13.2 Å². The lowest BCUT2D eigenvalue weighted by molar-refractivity contribution is -0.138. The van der Waals surface area contributed by atoms with Gasteiger partial charge in [-0.15, -0.1) is 5.54 Å². The van der Waals surface area contributed by atoms with Crippen molar-refractivity contribution in [2.75, 3.05) is 5.32 Å². The SMILES string of the molecule is CC(C)[Si](C#Cc1cccc(C(F)(F)F)c1CC(=O)Nc1cccc2cccnc12)(C(C)C)C(C)C. The molecule has 0 aliphatic carbocycles. The second-order valence-electron chi connectivity index (χ2n) is 10.1. The lowest BCUT2D eigenvalue weighted by Crippen LogP contribution is -2.43. The summed E-state index contributed by atoms with van der Waals surface area (Å²) in [6.07, 6.45) is -3.43. The zero-order valence-electron chi connectivity index (χ0n) is 21.6. The smallest absolute Gasteiger partial charge is 0.324 e. The van der Waals surface area contributed by atoms with E-state index in [1.807, 2.05) is 12.1 Å². The molecule has 1 N–H and O–H groups in total. The van der Waals surface area contributed by atoms with Crippen LogP contribution >= 0.6 is 0 Å². The monoisotopic (exact) mass is 510 g/mol. The van der Waals surface area contributed by atoms with E-state index in [0.29, 0.717) is 27.8 Å². The van der Waals surface area contributed by atoms with Gasteiger partial charge in [-0.25, -0.2) is 0 Å². The molecule has 0 atom stereocenters. The average Bonchev–Trinajstić information content (AvgIpc) is 2.79. The van der Waals surface area contributed by atoms with Crippen molar-refractivity contribution >= 4 is 30.6 Å². The number of nitrogens with zero attached hydrogens (tertiary/aromatic N) is 1. The highest BCUT2D eigenvalue weighted by Crippen LogP contribution is 2.41. The van der Waals surface area contributed by atoms with Crippen LogP contribution in [0.2, 0.25) is 16.6 Å². The Hall–Kier alpha value is -3.11. The predicted molar refractivity (Wildman–Crippen MR) is 143 cm³/mol. The molecule has 0 aliphatic heterocycles. The molecule has 0 saturated carbocycles. The van der Waals surface area contributed by atoms with Gasteiger partial charge in [-0.3, -0.25) is 9.78 Å². The third kappa shape index (κ3) is 5.65. The number of para-hydroxylation sites is 1. The number of alkyl halides is 3. The third-order valence-corrected chi connectivity index (χ3v) is 13.3. The number of aromatic nitrogens is 1. The van der Waals surface area contributed by atoms with E-state index in [-0.39, 0.29) is 11.1 Å². The second-order valence-corrected chi connectivity index (χ2v) is 15.7. The van der Waals surface area contributed by atoms with Crippen molar-refractivity contribution in [2.24, 2.45) is 0 Å². The summed E-state index contributed by atoms with van der Waals surface area (Å²) >= 11 is 0. The fraction of sp³-hybridized carbons (Fsp3) is 0.379. The molecule has 0 bridgehead atoms. The minimum atomic E-state index is -4.60. The molecule has 0 spiro atoms. The van der Waals surface area contributed by atoms with Crippen LogP contribution in [0.25, 0.3) is 10.9 Å². The van der Waals surface area contributed by atoms with Gasteiger partial charge in [0, 0.05) is 17.1 Å². The number of halogens is 3. The van der Waals surface area contributed by atoms with Gasteiger partial charge in [-0.05, 0) is 46.5 Å². The van der Waals surface area contributed by atoms with Gasteiger partial charge in [0.05, 0.1) is 23.2 Å². The maximum Gasteiger partial charge on any atom is 0.416 e. The molecule has 1 amide bonds. The number of fused-ring (bicyclic) bond motifs is 1. The summed E-state index contributed by atoms with van der Waals surface area (Å²) in [5.41, 5.74) is 4.88. The maximum atomic E-state index is 14.0. The van der Waals surface area contributed by atoms with E-state index in [2.05, 4.69) is 63.3 Å². The normalized spacial score (nSPS) is 12.2. The molecule has 3 aromatic rings. The minimum absolute atomic E-state index is 0.0950. The van der Waals surface area contributed by atoms with Gasteiger partial charge < -0.3 is 5.32 Å². The fourth-order valence-corrected chi connectivity index (χ4v) is 10.5. The molecule has 0 fully saturated rings. The van der Waals surface area contributed by atoms with E-state index in [4.69, 9.17) is 0 Å². The van der Waals surface area contributed by atoms with Crippen LogP contribution in [0.4, 0.5) is 18.9 Å². The quantitative estimate of drug-likeness (QED) is 0.270. The standard InChI is InChI=1S/C29H33F3N2OSi/c1-19(2)36(20(3)4,21(5)6)17-15-22-10-7-13-25(29(30,31)32)24(22)18-27(35)34-26-14-8-11-23-12-9-16-33-28(23)26/h7-14,16,19-21H,18H2,1-6H3,(H,34,35). The number of nitrogens with one attached hydrogen (secondary N) is 1. The Kier molecular flexibility index (Phi) is 8.30. The third-order valence-electron chi connectivity index (χ3n) is 7.01. The summed E-state index contributed by atoms with van der Waals surface area (Å²) < 4.78 is 42.0. The first-order chi connectivity index (χ1) is 16.9. The number of pyridine rings is 1. The summed E-state index contributed by atoms with van der Waals surface area (Å²) in [5.74, 6) is 2.58. The van der Waals surface area contributed by atoms with Gasteiger partial charge in [0.25, 0.3) is 0 Å². The molecule has 3 nitrogen and oxygen atoms in total. The highest BCUT2D eigenvalue weighted by atomic mass is 28.3. The van der Waals surface area contributed by atoms with Crippen LogP contribution in [0.1, 0.15) is 58.2 Å². The predicted octanol–water partition coefficient (Wildman–Crippen LogP) is 8.00. The molecular formula is C29H33F3N2OSi. The lowest BCUT2D eigenvalue weighted by atomic mass is 9.97. The van der Waals surface area contributed by atoms with E-state index >= 15 is 0 Å². The zero-order chi connectivity index (χ0) is 26.7. The van der Waals surface area contributed by atoms with Crippen LogP contribution in [0.15, 0.2) is 54.7 Å². The van der Waals surface area contributed by atoms with Crippen molar-refractivity contribution in [2.45, 2.75) is 70.8 Å². The van der Waals surface area contributed by atoms with E-state index in [1.54, 1.807) is 30.5 Å². The van der Waals surface area contributed by atoms with Crippen molar-refractivity contribution < 1.29 is 18.0 Å². The lowest BCUT2D eigenvalue weighted by Gasteiger charge is -2.38. The number of hydrogen-bond donors (Lipinski definition) is 1. The Labute approximate surface area is 212 Å².